The van der Waals surface area contributed by atoms with Gasteiger partial charge in [-0.1, -0.05) is 38.3 Å². The molecule has 6 heteroatoms. The summed E-state index contributed by atoms with van der Waals surface area (Å²) in [5, 5.41) is 0. The highest BCUT2D eigenvalue weighted by atomic mass is 19.4. The number of rotatable bonds is 3. The number of anilines is 1. The van der Waals surface area contributed by atoms with Gasteiger partial charge < -0.3 is 14.5 Å². The van der Waals surface area contributed by atoms with Crippen LogP contribution in [0, 0.1) is 5.41 Å². The number of benzene rings is 1. The van der Waals surface area contributed by atoms with E-state index in [9.17, 15) is 13.2 Å². The van der Waals surface area contributed by atoms with Gasteiger partial charge in [-0.05, 0) is 101 Å². The summed E-state index contributed by atoms with van der Waals surface area (Å²) in [5.74, 6) is 0. The van der Waals surface area contributed by atoms with Gasteiger partial charge in [-0.25, -0.2) is 0 Å². The molecule has 0 bridgehead atoms. The lowest BCUT2D eigenvalue weighted by Crippen LogP contribution is -2.47. The van der Waals surface area contributed by atoms with E-state index < -0.39 is 11.7 Å². The molecule has 4 aliphatic rings. The Kier molecular flexibility index (Phi) is 10.1. The van der Waals surface area contributed by atoms with Crippen molar-refractivity contribution >= 4 is 5.69 Å². The molecule has 206 valence electrons. The maximum Gasteiger partial charge on any atom is 0.416 e. The molecule has 1 aliphatic carbocycles. The number of halogens is 3. The molecule has 1 spiro atoms. The highest BCUT2D eigenvalue weighted by Gasteiger charge is 2.43. The van der Waals surface area contributed by atoms with Crippen molar-refractivity contribution in [1.29, 1.82) is 0 Å². The smallest absolute Gasteiger partial charge is 0.381 e. The number of likely N-dealkylation sites (tertiary alicyclic amines) is 1. The Morgan fingerprint density at radius 1 is 1.03 bits per heavy atom. The van der Waals surface area contributed by atoms with Crippen molar-refractivity contribution in [3.8, 4) is 0 Å². The fraction of sp³-hybridized carbons (Fsp3) is 0.613. The van der Waals surface area contributed by atoms with Gasteiger partial charge in [0.05, 0.1) is 5.56 Å². The van der Waals surface area contributed by atoms with E-state index in [1.165, 1.54) is 74.0 Å². The van der Waals surface area contributed by atoms with Crippen LogP contribution in [-0.4, -0.2) is 50.3 Å². The van der Waals surface area contributed by atoms with Crippen LogP contribution in [-0.2, 0) is 10.9 Å². The van der Waals surface area contributed by atoms with Gasteiger partial charge in [-0.15, -0.1) is 0 Å². The van der Waals surface area contributed by atoms with Crippen molar-refractivity contribution in [1.82, 2.24) is 4.90 Å². The summed E-state index contributed by atoms with van der Waals surface area (Å²) >= 11 is 0. The van der Waals surface area contributed by atoms with Crippen LogP contribution in [0.1, 0.15) is 71.3 Å². The van der Waals surface area contributed by atoms with Crippen molar-refractivity contribution in [2.24, 2.45) is 5.41 Å². The number of allylic oxidation sites excluding steroid dienone is 4. The molecule has 0 amide bonds. The molecule has 3 heterocycles. The predicted octanol–water partition coefficient (Wildman–Crippen LogP) is 8.04. The van der Waals surface area contributed by atoms with Crippen LogP contribution >= 0.6 is 0 Å². The molecule has 0 aromatic heterocycles. The van der Waals surface area contributed by atoms with E-state index in [2.05, 4.69) is 31.1 Å². The van der Waals surface area contributed by atoms with E-state index >= 15 is 0 Å². The van der Waals surface area contributed by atoms with E-state index in [-0.39, 0.29) is 7.43 Å². The van der Waals surface area contributed by atoms with Gasteiger partial charge in [0.15, 0.2) is 0 Å². The van der Waals surface area contributed by atoms with Crippen molar-refractivity contribution in [2.75, 3.05) is 44.3 Å². The molecule has 0 radical (unpaired) electrons. The highest BCUT2D eigenvalue weighted by Crippen LogP contribution is 2.52. The van der Waals surface area contributed by atoms with Crippen LogP contribution in [0.15, 0.2) is 60.2 Å². The summed E-state index contributed by atoms with van der Waals surface area (Å²) < 4.78 is 43.0. The molecular weight excluding hydrogens is 473 g/mol. The maximum absolute atomic E-state index is 12.5. The van der Waals surface area contributed by atoms with Crippen LogP contribution in [0.2, 0.25) is 0 Å². The minimum Gasteiger partial charge on any atom is -0.381 e. The molecule has 0 unspecified atom stereocenters. The van der Waals surface area contributed by atoms with Gasteiger partial charge in [-0.2, -0.15) is 13.2 Å². The summed E-state index contributed by atoms with van der Waals surface area (Å²) in [5.41, 5.74) is 4.70. The lowest BCUT2D eigenvalue weighted by atomic mass is 9.72. The summed E-state index contributed by atoms with van der Waals surface area (Å²) in [4.78, 5) is 4.73. The first kappa shape index (κ1) is 29.5. The molecule has 1 aromatic carbocycles. The third-order valence-electron chi connectivity index (χ3n) is 8.62. The quantitative estimate of drug-likeness (QED) is 0.403. The summed E-state index contributed by atoms with van der Waals surface area (Å²) in [6.45, 7) is 16.6. The third kappa shape index (κ3) is 6.88. The molecule has 3 nitrogen and oxygen atoms in total. The minimum atomic E-state index is -4.24. The monoisotopic (exact) mass is 518 g/mol. The van der Waals surface area contributed by atoms with Gasteiger partial charge in [-0.3, -0.25) is 0 Å². The summed E-state index contributed by atoms with van der Waals surface area (Å²) in [6.07, 6.45) is 7.27. The number of alkyl halides is 3. The standard InChI is InChI=1S/C18H27NO.C12H14F3N.CH4/c1-4-17-15(3)14(2)13-18(17)7-9-19(10-8-18)16-5-11-20-12-6-16;13-12(14,15)10-5-4-6-11(9-10)16-7-2-1-3-8-16;/h4,16H,1-2,5-13H2,3H3;4-6,9H,1-3,7-8H2;1H4. The Morgan fingerprint density at radius 3 is 2.27 bits per heavy atom. The second kappa shape index (κ2) is 12.7. The summed E-state index contributed by atoms with van der Waals surface area (Å²) in [7, 11) is 0. The zero-order valence-electron chi connectivity index (χ0n) is 21.7. The molecule has 0 N–H and O–H groups in total. The lowest BCUT2D eigenvalue weighted by Gasteiger charge is -2.44. The van der Waals surface area contributed by atoms with Gasteiger partial charge >= 0.3 is 6.18 Å². The molecule has 3 aliphatic heterocycles. The normalized spacial score (nSPS) is 22.9. The maximum atomic E-state index is 12.5. The number of hydrogen-bond acceptors (Lipinski definition) is 3. The Bertz CT molecular complexity index is 947. The van der Waals surface area contributed by atoms with Crippen molar-refractivity contribution < 1.29 is 17.9 Å². The first-order valence-electron chi connectivity index (χ1n) is 13.5. The van der Waals surface area contributed by atoms with Crippen LogP contribution in [0.3, 0.4) is 0 Å². The SMILES string of the molecule is C.C=CC1=C(C)C(=C)CC12CCN(C1CCOCC1)CC2.FC(F)(F)c1cccc(N2CCCCC2)c1. The van der Waals surface area contributed by atoms with E-state index in [0.717, 1.165) is 57.7 Å². The average molecular weight is 519 g/mol. The number of ether oxygens (including phenoxy) is 1. The number of hydrogen-bond donors (Lipinski definition) is 0. The van der Waals surface area contributed by atoms with E-state index in [4.69, 9.17) is 4.74 Å². The molecule has 3 fully saturated rings. The van der Waals surface area contributed by atoms with Crippen molar-refractivity contribution in [3.63, 3.8) is 0 Å². The third-order valence-corrected chi connectivity index (χ3v) is 8.62. The van der Waals surface area contributed by atoms with Gasteiger partial charge in [0, 0.05) is 43.4 Å². The second-order valence-electron chi connectivity index (χ2n) is 10.8. The Hall–Kier alpha value is -2.05. The minimum absolute atomic E-state index is 0. The van der Waals surface area contributed by atoms with Crippen LogP contribution in [0.25, 0.3) is 0 Å². The van der Waals surface area contributed by atoms with E-state index in [0.29, 0.717) is 11.1 Å². The topological polar surface area (TPSA) is 15.7 Å². The molecule has 0 atom stereocenters. The van der Waals surface area contributed by atoms with Gasteiger partial charge in [0.1, 0.15) is 0 Å². The summed E-state index contributed by atoms with van der Waals surface area (Å²) in [6, 6.07) is 6.34. The van der Waals surface area contributed by atoms with E-state index in [1.807, 2.05) is 4.90 Å². The van der Waals surface area contributed by atoms with Gasteiger partial charge in [0.2, 0.25) is 0 Å². The fourth-order valence-electron chi connectivity index (χ4n) is 6.44. The zero-order valence-corrected chi connectivity index (χ0v) is 21.7. The largest absolute Gasteiger partial charge is 0.416 e. The van der Waals surface area contributed by atoms with Crippen LogP contribution < -0.4 is 4.90 Å². The molecule has 0 saturated carbocycles. The molecule has 37 heavy (non-hydrogen) atoms. The Morgan fingerprint density at radius 2 is 1.68 bits per heavy atom. The zero-order chi connectivity index (χ0) is 25.8. The van der Waals surface area contributed by atoms with Crippen molar-refractivity contribution in [2.45, 2.75) is 77.9 Å². The molecule has 5 rings (SSSR count). The van der Waals surface area contributed by atoms with E-state index in [1.54, 1.807) is 6.07 Å². The Labute approximate surface area is 222 Å². The molecule has 3 saturated heterocycles. The van der Waals surface area contributed by atoms with Crippen LogP contribution in [0.5, 0.6) is 0 Å². The molecular formula is C31H45F3N2O. The van der Waals surface area contributed by atoms with Gasteiger partial charge in [0.25, 0.3) is 0 Å². The first-order chi connectivity index (χ1) is 17.2. The molecule has 1 aromatic rings. The van der Waals surface area contributed by atoms with Crippen molar-refractivity contribution in [3.05, 3.63) is 65.8 Å². The Balaban J connectivity index is 0.000000205. The predicted molar refractivity (Wildman–Crippen MR) is 148 cm³/mol. The second-order valence-corrected chi connectivity index (χ2v) is 10.8. The highest BCUT2D eigenvalue weighted by molar-refractivity contribution is 5.50. The fourth-order valence-corrected chi connectivity index (χ4v) is 6.44. The van der Waals surface area contributed by atoms with Crippen LogP contribution in [0.4, 0.5) is 18.9 Å². The lowest BCUT2D eigenvalue weighted by molar-refractivity contribution is -0.137. The number of piperidine rings is 2. The number of nitrogens with zero attached hydrogens (tertiary/aromatic N) is 2. The first-order valence-corrected chi connectivity index (χ1v) is 13.5. The average Bonchev–Trinajstić information content (AvgIpc) is 3.13.